The first kappa shape index (κ1) is 27.6. The van der Waals surface area contributed by atoms with Gasteiger partial charge in [-0.1, -0.05) is 103 Å². The van der Waals surface area contributed by atoms with Gasteiger partial charge in [0.25, 0.3) is 0 Å². The molecule has 0 rings (SSSR count). The molecule has 0 unspecified atom stereocenters. The zero-order valence-corrected chi connectivity index (χ0v) is 20.7. The molecule has 0 aliphatic rings. The molecule has 0 aliphatic heterocycles. The summed E-state index contributed by atoms with van der Waals surface area (Å²) < 4.78 is 4.64. The summed E-state index contributed by atoms with van der Waals surface area (Å²) in [5.74, 6) is -0.0756. The van der Waals surface area contributed by atoms with E-state index in [1.54, 1.807) is 0 Å². The molecule has 0 amide bonds. The minimum absolute atomic E-state index is 0.0756. The molecular weight excluding hydrogens is 419 g/mol. The highest BCUT2D eigenvalue weighted by Crippen LogP contribution is 2.27. The number of esters is 1. The summed E-state index contributed by atoms with van der Waals surface area (Å²) in [5, 5.41) is 0. The van der Waals surface area contributed by atoms with Crippen LogP contribution in [0.1, 0.15) is 116 Å². The molecule has 0 spiro atoms. The highest BCUT2D eigenvalue weighted by molar-refractivity contribution is 7.64. The van der Waals surface area contributed by atoms with Crippen molar-refractivity contribution in [2.45, 2.75) is 122 Å². The molecule has 0 radical (unpaired) electrons. The number of carbonyl (C=O) groups is 1. The maximum Gasteiger partial charge on any atom is 0.341 e. The van der Waals surface area contributed by atoms with Crippen LogP contribution in [-0.2, 0) is 9.53 Å². The highest BCUT2D eigenvalue weighted by Gasteiger charge is 2.23. The fourth-order valence-corrected chi connectivity index (χ4v) is 5.20. The molecule has 6 heteroatoms. The second-order valence-electron chi connectivity index (χ2n) is 7.70. The second kappa shape index (κ2) is 19.9. The van der Waals surface area contributed by atoms with Crippen molar-refractivity contribution in [1.29, 1.82) is 0 Å². The van der Waals surface area contributed by atoms with E-state index in [0.29, 0.717) is 6.42 Å². The quantitative estimate of drug-likeness (QED) is 0.0786. The number of methoxy groups -OCH3 is 1. The number of carbonyl (C=O) groups excluding carboxylic acids is 1. The first-order valence-electron chi connectivity index (χ1n) is 11.1. The van der Waals surface area contributed by atoms with Gasteiger partial charge in [-0.15, -0.1) is 33.2 Å². The van der Waals surface area contributed by atoms with Crippen molar-refractivity contribution in [2.75, 3.05) is 7.11 Å². The number of hydrogen-bond donors (Lipinski definition) is 0. The van der Waals surface area contributed by atoms with Crippen LogP contribution in [0.15, 0.2) is 0 Å². The average molecular weight is 460 g/mol. The zero-order chi connectivity index (χ0) is 20.2. The van der Waals surface area contributed by atoms with E-state index in [1.165, 1.54) is 97.0 Å². The lowest BCUT2D eigenvalue weighted by atomic mass is 10.0. The molecule has 0 bridgehead atoms. The Hall–Kier alpha value is 0.557. The smallest absolute Gasteiger partial charge is 0.341 e. The van der Waals surface area contributed by atoms with Crippen LogP contribution < -0.4 is 0 Å². The topological polar surface area (TPSA) is 26.3 Å². The van der Waals surface area contributed by atoms with Gasteiger partial charge in [0.15, 0.2) is 0 Å². The van der Waals surface area contributed by atoms with Crippen molar-refractivity contribution in [3.8, 4) is 0 Å². The third-order valence-corrected chi connectivity index (χ3v) is 7.69. The summed E-state index contributed by atoms with van der Waals surface area (Å²) in [5.41, 5.74) is 0. The molecule has 0 aromatic rings. The number of halogens is 3. The molecule has 0 heterocycles. The van der Waals surface area contributed by atoms with Gasteiger partial charge in [0.1, 0.15) is 0 Å². The third kappa shape index (κ3) is 24.5. The molecule has 0 fully saturated rings. The van der Waals surface area contributed by atoms with Crippen molar-refractivity contribution in [1.82, 2.24) is 0 Å². The Morgan fingerprint density at radius 2 is 0.889 bits per heavy atom. The lowest BCUT2D eigenvalue weighted by Crippen LogP contribution is -2.07. The van der Waals surface area contributed by atoms with E-state index in [2.05, 4.69) is 4.74 Å². The van der Waals surface area contributed by atoms with Crippen molar-refractivity contribution < 1.29 is 9.53 Å². The summed E-state index contributed by atoms with van der Waals surface area (Å²) in [4.78, 5) is 11.0. The van der Waals surface area contributed by atoms with Crippen LogP contribution in [0, 0.1) is 0 Å². The predicted octanol–water partition coefficient (Wildman–Crippen LogP) is 8.84. The van der Waals surface area contributed by atoms with Crippen LogP contribution in [-0.4, -0.2) is 19.1 Å². The summed E-state index contributed by atoms with van der Waals surface area (Å²) >= 11 is 17.6. The van der Waals surface area contributed by atoms with E-state index in [-0.39, 0.29) is 5.97 Å². The van der Waals surface area contributed by atoms with Gasteiger partial charge >= 0.3 is 12.0 Å². The Labute approximate surface area is 183 Å². The summed E-state index contributed by atoms with van der Waals surface area (Å²) in [6, 6.07) is -1.56. The molecule has 0 aromatic carbocycles. The molecule has 0 saturated heterocycles. The lowest BCUT2D eigenvalue weighted by molar-refractivity contribution is -0.140. The summed E-state index contributed by atoms with van der Waals surface area (Å²) in [7, 11) is 1.46. The Balaban J connectivity index is 3.06. The van der Waals surface area contributed by atoms with Crippen LogP contribution in [0.3, 0.4) is 0 Å². The lowest BCUT2D eigenvalue weighted by Gasteiger charge is -2.07. The number of hydrogen-bond acceptors (Lipinski definition) is 2. The summed E-state index contributed by atoms with van der Waals surface area (Å²) in [6.07, 6.45) is 22.6. The van der Waals surface area contributed by atoms with Gasteiger partial charge in [-0.05, 0) is 12.5 Å². The number of unbranched alkanes of at least 4 members (excludes halogenated alkanes) is 16. The normalized spacial score (nSPS) is 11.7. The van der Waals surface area contributed by atoms with Crippen molar-refractivity contribution in [2.24, 2.45) is 0 Å². The molecule has 162 valence electrons. The number of rotatable bonds is 20. The van der Waals surface area contributed by atoms with Gasteiger partial charge in [0.2, 0.25) is 0 Å². The van der Waals surface area contributed by atoms with E-state index < -0.39 is 6.00 Å². The van der Waals surface area contributed by atoms with E-state index in [0.717, 1.165) is 25.3 Å². The van der Waals surface area contributed by atoms with Crippen molar-refractivity contribution in [3.63, 3.8) is 0 Å². The predicted molar refractivity (Wildman–Crippen MR) is 123 cm³/mol. The van der Waals surface area contributed by atoms with E-state index in [1.807, 2.05) is 0 Å². The maximum absolute atomic E-state index is 11.0. The second-order valence-corrected chi connectivity index (χ2v) is 17.0. The largest absolute Gasteiger partial charge is 0.469 e. The molecule has 27 heavy (non-hydrogen) atoms. The SMILES string of the molecule is COC(=O)CCCCCCCCCCCCCCCCCCC[Si](Cl)(Cl)Cl. The Morgan fingerprint density at radius 3 is 1.19 bits per heavy atom. The van der Waals surface area contributed by atoms with Crippen LogP contribution in [0.25, 0.3) is 0 Å². The van der Waals surface area contributed by atoms with Crippen molar-refractivity contribution in [3.05, 3.63) is 0 Å². The van der Waals surface area contributed by atoms with E-state index >= 15 is 0 Å². The van der Waals surface area contributed by atoms with Gasteiger partial charge in [-0.2, -0.15) is 0 Å². The third-order valence-electron chi connectivity index (χ3n) is 5.07. The standard InChI is InChI=1S/C21H41Cl3O2Si/c1-26-21(25)19-17-15-13-11-9-7-5-3-2-4-6-8-10-12-14-16-18-20-27(22,23)24/h2-20H2,1H3. The van der Waals surface area contributed by atoms with Gasteiger partial charge < -0.3 is 4.74 Å². The first-order valence-corrected chi connectivity index (χ1v) is 16.3. The van der Waals surface area contributed by atoms with Crippen molar-refractivity contribution >= 4 is 45.2 Å². The minimum Gasteiger partial charge on any atom is -0.469 e. The molecule has 0 saturated carbocycles. The van der Waals surface area contributed by atoms with Gasteiger partial charge in [0, 0.05) is 6.42 Å². The Morgan fingerprint density at radius 1 is 0.593 bits per heavy atom. The summed E-state index contributed by atoms with van der Waals surface area (Å²) in [6.45, 7) is 0. The van der Waals surface area contributed by atoms with Crippen LogP contribution in [0.2, 0.25) is 6.04 Å². The van der Waals surface area contributed by atoms with E-state index in [4.69, 9.17) is 33.2 Å². The Bertz CT molecular complexity index is 336. The monoisotopic (exact) mass is 458 g/mol. The maximum atomic E-state index is 11.0. The molecule has 0 aliphatic carbocycles. The zero-order valence-electron chi connectivity index (χ0n) is 17.4. The average Bonchev–Trinajstić information content (AvgIpc) is 2.62. The van der Waals surface area contributed by atoms with E-state index in [9.17, 15) is 4.79 Å². The van der Waals surface area contributed by atoms with Crippen LogP contribution >= 0.6 is 33.2 Å². The Kier molecular flexibility index (Phi) is 20.3. The molecular formula is C21H41Cl3O2Si. The molecule has 0 atom stereocenters. The van der Waals surface area contributed by atoms with Gasteiger partial charge in [-0.3, -0.25) is 4.79 Å². The highest BCUT2D eigenvalue weighted by atomic mass is 35.8. The first-order chi connectivity index (χ1) is 13.0. The molecule has 2 nitrogen and oxygen atoms in total. The number of ether oxygens (including phenoxy) is 1. The molecule has 0 N–H and O–H groups in total. The van der Waals surface area contributed by atoms with Gasteiger partial charge in [-0.25, -0.2) is 0 Å². The molecule has 0 aromatic heterocycles. The fourth-order valence-electron chi connectivity index (χ4n) is 3.35. The van der Waals surface area contributed by atoms with Gasteiger partial charge in [0.05, 0.1) is 7.11 Å². The minimum atomic E-state index is -2.37. The van der Waals surface area contributed by atoms with Crippen LogP contribution in [0.5, 0.6) is 0 Å². The van der Waals surface area contributed by atoms with Crippen LogP contribution in [0.4, 0.5) is 0 Å². The fraction of sp³-hybridized carbons (Fsp3) is 0.952.